The van der Waals surface area contributed by atoms with Crippen molar-refractivity contribution in [3.8, 4) is 0 Å². The summed E-state index contributed by atoms with van der Waals surface area (Å²) < 4.78 is 28.7. The van der Waals surface area contributed by atoms with Gasteiger partial charge in [-0.3, -0.25) is 4.72 Å². The summed E-state index contributed by atoms with van der Waals surface area (Å²) in [5.41, 5.74) is 2.71. The second-order valence-electron chi connectivity index (χ2n) is 5.15. The van der Waals surface area contributed by atoms with Crippen LogP contribution in [-0.2, 0) is 10.2 Å². The van der Waals surface area contributed by atoms with Crippen LogP contribution in [0.2, 0.25) is 0 Å². The first-order chi connectivity index (χ1) is 9.40. The van der Waals surface area contributed by atoms with Crippen LogP contribution in [0.25, 0.3) is 0 Å². The van der Waals surface area contributed by atoms with Crippen LogP contribution in [0.1, 0.15) is 5.56 Å². The molecule has 7 heteroatoms. The predicted molar refractivity (Wildman–Crippen MR) is 82.5 cm³/mol. The smallest absolute Gasteiger partial charge is 0.301 e. The highest BCUT2D eigenvalue weighted by Gasteiger charge is 2.23. The monoisotopic (exact) mass is 298 g/mol. The van der Waals surface area contributed by atoms with Crippen LogP contribution in [0.4, 0.5) is 11.4 Å². The standard InChI is InChI=1S/C13H22N4O2S/c1-11-4-5-12(10-13(11)16(2)3)15-20(18,19)17-8-6-14-7-9-17/h4-5,10,14-15H,6-9H2,1-3H3. The zero-order valence-electron chi connectivity index (χ0n) is 12.2. The van der Waals surface area contributed by atoms with Crippen molar-refractivity contribution in [2.75, 3.05) is 49.9 Å². The van der Waals surface area contributed by atoms with Crippen molar-refractivity contribution in [2.24, 2.45) is 0 Å². The summed E-state index contributed by atoms with van der Waals surface area (Å²) in [7, 11) is 0.416. The molecule has 20 heavy (non-hydrogen) atoms. The lowest BCUT2D eigenvalue weighted by molar-refractivity contribution is 0.362. The van der Waals surface area contributed by atoms with Gasteiger partial charge in [0, 0.05) is 46.0 Å². The molecule has 2 N–H and O–H groups in total. The summed E-state index contributed by atoms with van der Waals surface area (Å²) in [6.45, 7) is 4.39. The van der Waals surface area contributed by atoms with Gasteiger partial charge in [-0.2, -0.15) is 12.7 Å². The van der Waals surface area contributed by atoms with E-state index in [1.54, 1.807) is 6.07 Å². The predicted octanol–water partition coefficient (Wildman–Crippen LogP) is 0.623. The summed E-state index contributed by atoms with van der Waals surface area (Å²) in [4.78, 5) is 1.97. The van der Waals surface area contributed by atoms with Gasteiger partial charge in [0.15, 0.2) is 0 Å². The molecule has 0 saturated carbocycles. The summed E-state index contributed by atoms with van der Waals surface area (Å²) in [6, 6.07) is 5.57. The van der Waals surface area contributed by atoms with Crippen molar-refractivity contribution in [1.29, 1.82) is 0 Å². The van der Waals surface area contributed by atoms with Crippen molar-refractivity contribution >= 4 is 21.6 Å². The second-order valence-corrected chi connectivity index (χ2v) is 6.82. The highest BCUT2D eigenvalue weighted by Crippen LogP contribution is 2.23. The molecule has 1 saturated heterocycles. The molecule has 0 bridgehead atoms. The normalized spacial score (nSPS) is 16.9. The zero-order chi connectivity index (χ0) is 14.8. The number of nitrogens with zero attached hydrogens (tertiary/aromatic N) is 2. The van der Waals surface area contributed by atoms with Crippen LogP contribution in [0.15, 0.2) is 18.2 Å². The summed E-state index contributed by atoms with van der Waals surface area (Å²) >= 11 is 0. The average Bonchev–Trinajstić information content (AvgIpc) is 2.41. The van der Waals surface area contributed by atoms with E-state index in [9.17, 15) is 8.42 Å². The molecular formula is C13H22N4O2S. The van der Waals surface area contributed by atoms with Crippen molar-refractivity contribution < 1.29 is 8.42 Å². The summed E-state index contributed by atoms with van der Waals surface area (Å²) in [5.74, 6) is 0. The van der Waals surface area contributed by atoms with E-state index >= 15 is 0 Å². The Hall–Kier alpha value is -1.31. The van der Waals surface area contributed by atoms with Crippen LogP contribution in [0.5, 0.6) is 0 Å². The topological polar surface area (TPSA) is 64.7 Å². The average molecular weight is 298 g/mol. The molecule has 0 amide bonds. The van der Waals surface area contributed by atoms with E-state index in [-0.39, 0.29) is 0 Å². The Morgan fingerprint density at radius 1 is 1.25 bits per heavy atom. The number of rotatable bonds is 4. The van der Waals surface area contributed by atoms with Crippen LogP contribution in [0, 0.1) is 6.92 Å². The lowest BCUT2D eigenvalue weighted by atomic mass is 10.2. The first kappa shape index (κ1) is 15.1. The van der Waals surface area contributed by atoms with E-state index in [0.29, 0.717) is 31.9 Å². The van der Waals surface area contributed by atoms with Gasteiger partial charge in [-0.05, 0) is 24.6 Å². The van der Waals surface area contributed by atoms with Gasteiger partial charge >= 0.3 is 10.2 Å². The lowest BCUT2D eigenvalue weighted by Crippen LogP contribution is -2.48. The number of benzene rings is 1. The summed E-state index contributed by atoms with van der Waals surface area (Å²) in [5, 5.41) is 3.14. The Balaban J connectivity index is 2.18. The Morgan fingerprint density at radius 3 is 2.50 bits per heavy atom. The molecule has 112 valence electrons. The maximum absolute atomic E-state index is 12.3. The molecule has 1 aliphatic heterocycles. The molecule has 0 atom stereocenters. The lowest BCUT2D eigenvalue weighted by Gasteiger charge is -2.27. The first-order valence-corrected chi connectivity index (χ1v) is 8.11. The van der Waals surface area contributed by atoms with Crippen molar-refractivity contribution in [3.05, 3.63) is 23.8 Å². The minimum absolute atomic E-state index is 0.502. The molecule has 0 spiro atoms. The fourth-order valence-electron chi connectivity index (χ4n) is 2.25. The maximum atomic E-state index is 12.3. The van der Waals surface area contributed by atoms with Crippen molar-refractivity contribution in [3.63, 3.8) is 0 Å². The Kier molecular flexibility index (Phi) is 4.52. The molecule has 1 aromatic rings. The highest BCUT2D eigenvalue weighted by molar-refractivity contribution is 7.90. The molecule has 2 rings (SSSR count). The van der Waals surface area contributed by atoms with Gasteiger partial charge in [-0.15, -0.1) is 0 Å². The van der Waals surface area contributed by atoms with Gasteiger partial charge in [0.05, 0.1) is 5.69 Å². The molecular weight excluding hydrogens is 276 g/mol. The molecule has 1 aromatic carbocycles. The van der Waals surface area contributed by atoms with Crippen molar-refractivity contribution in [1.82, 2.24) is 9.62 Å². The molecule has 0 radical (unpaired) electrons. The third-order valence-corrected chi connectivity index (χ3v) is 4.89. The maximum Gasteiger partial charge on any atom is 0.301 e. The van der Waals surface area contributed by atoms with E-state index in [1.807, 2.05) is 38.1 Å². The third-order valence-electron chi connectivity index (χ3n) is 3.35. The Bertz CT molecular complexity index is 566. The second kappa shape index (κ2) is 5.99. The molecule has 6 nitrogen and oxygen atoms in total. The van der Waals surface area contributed by atoms with Crippen LogP contribution in [0.3, 0.4) is 0 Å². The fourth-order valence-corrected chi connectivity index (χ4v) is 3.47. The number of hydrogen-bond donors (Lipinski definition) is 2. The largest absolute Gasteiger partial charge is 0.377 e. The minimum atomic E-state index is -3.47. The van der Waals surface area contributed by atoms with Crippen LogP contribution >= 0.6 is 0 Å². The van der Waals surface area contributed by atoms with Gasteiger partial charge in [0.2, 0.25) is 0 Å². The minimum Gasteiger partial charge on any atom is -0.377 e. The summed E-state index contributed by atoms with van der Waals surface area (Å²) in [6.07, 6.45) is 0. The third kappa shape index (κ3) is 3.41. The number of hydrogen-bond acceptors (Lipinski definition) is 4. The van der Waals surface area contributed by atoms with Gasteiger partial charge in [0.1, 0.15) is 0 Å². The number of piperazine rings is 1. The van der Waals surface area contributed by atoms with E-state index in [1.165, 1.54) is 4.31 Å². The SMILES string of the molecule is Cc1ccc(NS(=O)(=O)N2CCNCC2)cc1N(C)C. The van der Waals surface area contributed by atoms with Crippen LogP contribution in [-0.4, -0.2) is 53.0 Å². The van der Waals surface area contributed by atoms with Gasteiger partial charge in [-0.1, -0.05) is 6.07 Å². The molecule has 1 aliphatic rings. The highest BCUT2D eigenvalue weighted by atomic mass is 32.2. The fraction of sp³-hybridized carbons (Fsp3) is 0.538. The molecule has 0 aliphatic carbocycles. The number of nitrogens with one attached hydrogen (secondary N) is 2. The molecule has 0 unspecified atom stereocenters. The van der Waals surface area contributed by atoms with Crippen LogP contribution < -0.4 is 14.9 Å². The van der Waals surface area contributed by atoms with E-state index in [4.69, 9.17) is 0 Å². The van der Waals surface area contributed by atoms with Gasteiger partial charge in [-0.25, -0.2) is 0 Å². The molecule has 1 fully saturated rings. The van der Waals surface area contributed by atoms with Crippen molar-refractivity contribution in [2.45, 2.75) is 6.92 Å². The number of aryl methyl sites for hydroxylation is 1. The van der Waals surface area contributed by atoms with E-state index < -0.39 is 10.2 Å². The molecule has 0 aromatic heterocycles. The Labute approximate surface area is 120 Å². The zero-order valence-corrected chi connectivity index (χ0v) is 13.0. The first-order valence-electron chi connectivity index (χ1n) is 6.67. The van der Waals surface area contributed by atoms with E-state index in [0.717, 1.165) is 11.3 Å². The molecule has 1 heterocycles. The number of anilines is 2. The quantitative estimate of drug-likeness (QED) is 0.855. The van der Waals surface area contributed by atoms with E-state index in [2.05, 4.69) is 10.0 Å². The van der Waals surface area contributed by atoms with Gasteiger partial charge < -0.3 is 10.2 Å². The Morgan fingerprint density at radius 2 is 1.90 bits per heavy atom. The van der Waals surface area contributed by atoms with Gasteiger partial charge in [0.25, 0.3) is 0 Å².